The zero-order valence-corrected chi connectivity index (χ0v) is 13.8. The van der Waals surface area contributed by atoms with E-state index < -0.39 is 0 Å². The zero-order chi connectivity index (χ0) is 16.2. The molecule has 0 aliphatic heterocycles. The maximum absolute atomic E-state index is 11.2. The number of carbonyl (C=O) groups excluding carboxylic acids is 1. The molecule has 0 radical (unpaired) electrons. The zero-order valence-electron chi connectivity index (χ0n) is 12.3. The van der Waals surface area contributed by atoms with Gasteiger partial charge in [-0.3, -0.25) is 4.79 Å². The quantitative estimate of drug-likeness (QED) is 0.788. The molecule has 0 saturated heterocycles. The summed E-state index contributed by atoms with van der Waals surface area (Å²) in [6.07, 6.45) is 5.53. The van der Waals surface area contributed by atoms with Crippen LogP contribution in [-0.2, 0) is 11.2 Å². The van der Waals surface area contributed by atoms with Crippen molar-refractivity contribution in [1.29, 1.82) is 0 Å². The van der Waals surface area contributed by atoms with Crippen LogP contribution in [0.5, 0.6) is 0 Å². The molecule has 1 N–H and O–H groups in total. The molecular weight excluding hydrogens is 337 g/mol. The van der Waals surface area contributed by atoms with Crippen LogP contribution in [0.15, 0.2) is 34.3 Å². The molecule has 0 amide bonds. The summed E-state index contributed by atoms with van der Waals surface area (Å²) < 4.78 is 5.57. The largest absolute Gasteiger partial charge is 0.408 e. The van der Waals surface area contributed by atoms with Gasteiger partial charge in [0, 0.05) is 24.9 Å². The monoisotopic (exact) mass is 351 g/mol. The van der Waals surface area contributed by atoms with Gasteiger partial charge in [-0.2, -0.15) is 0 Å². The number of rotatable bonds is 5. The summed E-state index contributed by atoms with van der Waals surface area (Å²) in [4.78, 5) is 11.2. The standard InChI is InChI=1S/C16H15Cl2N3O2/c17-13-7-4-11(9-14(13)18)19-16-21-20-15(23-16)8-3-10-1-5-12(22)6-2-10/h1,4,7,9H,2-3,5-6,8H2,(H,19,21). The van der Waals surface area contributed by atoms with Gasteiger partial charge in [0.05, 0.1) is 10.0 Å². The SMILES string of the molecule is O=C1CC=C(CCc2nnc(Nc3ccc(Cl)c(Cl)c3)o2)CC1. The Balaban J connectivity index is 1.57. The summed E-state index contributed by atoms with van der Waals surface area (Å²) in [6, 6.07) is 5.48. The van der Waals surface area contributed by atoms with Gasteiger partial charge in [0.15, 0.2) is 0 Å². The van der Waals surface area contributed by atoms with Gasteiger partial charge in [-0.05, 0) is 31.0 Å². The van der Waals surface area contributed by atoms with Crippen LogP contribution in [0.4, 0.5) is 11.7 Å². The molecule has 23 heavy (non-hydrogen) atoms. The summed E-state index contributed by atoms with van der Waals surface area (Å²) in [5.74, 6) is 0.866. The van der Waals surface area contributed by atoms with Crippen LogP contribution in [0.25, 0.3) is 0 Å². The molecule has 0 atom stereocenters. The van der Waals surface area contributed by atoms with E-state index in [0.29, 0.717) is 47.0 Å². The summed E-state index contributed by atoms with van der Waals surface area (Å²) in [6.45, 7) is 0. The Morgan fingerprint density at radius 3 is 2.74 bits per heavy atom. The lowest BCUT2D eigenvalue weighted by Crippen LogP contribution is -2.04. The van der Waals surface area contributed by atoms with Crippen LogP contribution in [0.2, 0.25) is 10.0 Å². The van der Waals surface area contributed by atoms with E-state index >= 15 is 0 Å². The second kappa shape index (κ2) is 7.15. The van der Waals surface area contributed by atoms with Crippen LogP contribution >= 0.6 is 23.2 Å². The first-order valence-corrected chi connectivity index (χ1v) is 8.10. The van der Waals surface area contributed by atoms with Crippen molar-refractivity contribution in [3.8, 4) is 0 Å². The number of aryl methyl sites for hydroxylation is 1. The van der Waals surface area contributed by atoms with Gasteiger partial charge in [0.25, 0.3) is 0 Å². The Labute approximate surface area is 143 Å². The molecule has 1 aromatic carbocycles. The summed E-state index contributed by atoms with van der Waals surface area (Å²) in [5, 5.41) is 11.9. The highest BCUT2D eigenvalue weighted by molar-refractivity contribution is 6.42. The molecule has 2 aromatic rings. The number of hydrogen-bond donors (Lipinski definition) is 1. The number of aromatic nitrogens is 2. The van der Waals surface area contributed by atoms with E-state index in [4.69, 9.17) is 27.6 Å². The number of nitrogens with one attached hydrogen (secondary N) is 1. The molecule has 1 aliphatic carbocycles. The highest BCUT2D eigenvalue weighted by Crippen LogP contribution is 2.27. The minimum absolute atomic E-state index is 0.305. The highest BCUT2D eigenvalue weighted by atomic mass is 35.5. The molecule has 0 spiro atoms. The number of nitrogens with zero attached hydrogens (tertiary/aromatic N) is 2. The summed E-state index contributed by atoms with van der Waals surface area (Å²) in [7, 11) is 0. The molecule has 3 rings (SSSR count). The van der Waals surface area contributed by atoms with E-state index in [1.165, 1.54) is 5.57 Å². The first-order valence-electron chi connectivity index (χ1n) is 7.34. The number of hydrogen-bond acceptors (Lipinski definition) is 5. The molecule has 0 saturated carbocycles. The normalized spacial score (nSPS) is 14.7. The lowest BCUT2D eigenvalue weighted by Gasteiger charge is -2.10. The number of allylic oxidation sites excluding steroid dienone is 2. The third kappa shape index (κ3) is 4.33. The van der Waals surface area contributed by atoms with Crippen molar-refractivity contribution in [2.75, 3.05) is 5.32 Å². The van der Waals surface area contributed by atoms with Gasteiger partial charge in [-0.15, -0.1) is 5.10 Å². The molecule has 0 fully saturated rings. The third-order valence-corrected chi connectivity index (χ3v) is 4.38. The molecule has 0 bridgehead atoms. The fourth-order valence-corrected chi connectivity index (χ4v) is 2.66. The molecule has 5 nitrogen and oxygen atoms in total. The van der Waals surface area contributed by atoms with Crippen molar-refractivity contribution in [3.63, 3.8) is 0 Å². The van der Waals surface area contributed by atoms with Crippen LogP contribution < -0.4 is 5.32 Å². The Morgan fingerprint density at radius 1 is 1.13 bits per heavy atom. The number of carbonyl (C=O) groups is 1. The van der Waals surface area contributed by atoms with Gasteiger partial charge in [0.2, 0.25) is 5.89 Å². The van der Waals surface area contributed by atoms with Gasteiger partial charge in [-0.25, -0.2) is 0 Å². The number of benzene rings is 1. The van der Waals surface area contributed by atoms with E-state index in [0.717, 1.165) is 18.5 Å². The second-order valence-corrected chi connectivity index (χ2v) is 6.17. The molecule has 1 aromatic heterocycles. The Morgan fingerprint density at radius 2 is 2.00 bits per heavy atom. The maximum Gasteiger partial charge on any atom is 0.320 e. The summed E-state index contributed by atoms with van der Waals surface area (Å²) >= 11 is 11.8. The minimum atomic E-state index is 0.305. The summed E-state index contributed by atoms with van der Waals surface area (Å²) in [5.41, 5.74) is 2.00. The fourth-order valence-electron chi connectivity index (χ4n) is 2.36. The predicted octanol–water partition coefficient (Wildman–Crippen LogP) is 4.73. The maximum atomic E-state index is 11.2. The van der Waals surface area contributed by atoms with Crippen molar-refractivity contribution >= 4 is 40.7 Å². The van der Waals surface area contributed by atoms with Crippen molar-refractivity contribution in [3.05, 3.63) is 45.8 Å². The number of halogens is 2. The third-order valence-electron chi connectivity index (χ3n) is 3.64. The number of anilines is 2. The Bertz CT molecular complexity index is 756. The van der Waals surface area contributed by atoms with Crippen LogP contribution in [0.3, 0.4) is 0 Å². The fraction of sp³-hybridized carbons (Fsp3) is 0.312. The lowest BCUT2D eigenvalue weighted by molar-refractivity contribution is -0.118. The minimum Gasteiger partial charge on any atom is -0.408 e. The molecule has 1 heterocycles. The smallest absolute Gasteiger partial charge is 0.320 e. The van der Waals surface area contributed by atoms with Crippen molar-refractivity contribution in [2.24, 2.45) is 0 Å². The van der Waals surface area contributed by atoms with E-state index in [2.05, 4.69) is 15.5 Å². The lowest BCUT2D eigenvalue weighted by atomic mass is 9.95. The Kier molecular flexibility index (Phi) is 4.98. The van der Waals surface area contributed by atoms with E-state index in [1.807, 2.05) is 6.08 Å². The van der Waals surface area contributed by atoms with Crippen LogP contribution in [0.1, 0.15) is 31.6 Å². The molecular formula is C16H15Cl2N3O2. The molecule has 1 aliphatic rings. The van der Waals surface area contributed by atoms with Crippen LogP contribution in [0, 0.1) is 0 Å². The van der Waals surface area contributed by atoms with Gasteiger partial charge < -0.3 is 9.73 Å². The molecule has 7 heteroatoms. The van der Waals surface area contributed by atoms with Gasteiger partial charge in [-0.1, -0.05) is 39.9 Å². The Hall–Kier alpha value is -1.85. The average molecular weight is 352 g/mol. The van der Waals surface area contributed by atoms with Crippen molar-refractivity contribution in [1.82, 2.24) is 10.2 Å². The second-order valence-electron chi connectivity index (χ2n) is 5.36. The first kappa shape index (κ1) is 16.0. The van der Waals surface area contributed by atoms with E-state index in [1.54, 1.807) is 18.2 Å². The van der Waals surface area contributed by atoms with Gasteiger partial charge in [0.1, 0.15) is 5.78 Å². The topological polar surface area (TPSA) is 68.0 Å². The highest BCUT2D eigenvalue weighted by Gasteiger charge is 2.12. The van der Waals surface area contributed by atoms with Crippen LogP contribution in [-0.4, -0.2) is 16.0 Å². The predicted molar refractivity (Wildman–Crippen MR) is 89.3 cm³/mol. The first-order chi connectivity index (χ1) is 11.1. The number of ketones is 1. The molecule has 0 unspecified atom stereocenters. The average Bonchev–Trinajstić information content (AvgIpc) is 2.98. The van der Waals surface area contributed by atoms with E-state index in [-0.39, 0.29) is 0 Å². The van der Waals surface area contributed by atoms with Gasteiger partial charge >= 0.3 is 6.01 Å². The van der Waals surface area contributed by atoms with Crippen molar-refractivity contribution < 1.29 is 9.21 Å². The van der Waals surface area contributed by atoms with E-state index in [9.17, 15) is 4.79 Å². The molecule has 120 valence electrons. The number of Topliss-reactive ketones (excluding diaryl/α,β-unsaturated/α-hetero) is 1. The van der Waals surface area contributed by atoms with Crippen molar-refractivity contribution in [2.45, 2.75) is 32.1 Å².